The third-order valence-corrected chi connectivity index (χ3v) is 3.46. The number of aliphatic hydroxyl groups excluding tert-OH is 1. The molecule has 2 rings (SSSR count). The van der Waals surface area contributed by atoms with Crippen molar-refractivity contribution in [3.63, 3.8) is 0 Å². The molecule has 1 amide bonds. The average molecular weight is 264 g/mol. The summed E-state index contributed by atoms with van der Waals surface area (Å²) in [6, 6.07) is 3.07. The Morgan fingerprint density at radius 3 is 2.95 bits per heavy atom. The van der Waals surface area contributed by atoms with Gasteiger partial charge in [0.2, 0.25) is 0 Å². The van der Waals surface area contributed by atoms with Crippen LogP contribution in [0.5, 0.6) is 0 Å². The second kappa shape index (κ2) is 6.49. The molecule has 1 saturated carbocycles. The minimum absolute atomic E-state index is 0.189. The average Bonchev–Trinajstić information content (AvgIpc) is 2.64. The number of carbonyl (C=O) groups excluding carboxylic acids is 1. The number of hydrogen-bond acceptors (Lipinski definition) is 5. The lowest BCUT2D eigenvalue weighted by Crippen LogP contribution is -2.42. The molecule has 104 valence electrons. The zero-order valence-corrected chi connectivity index (χ0v) is 10.8. The topological polar surface area (TPSA) is 100 Å². The van der Waals surface area contributed by atoms with E-state index in [0.29, 0.717) is 11.4 Å². The van der Waals surface area contributed by atoms with E-state index in [1.807, 2.05) is 0 Å². The number of aliphatic hydroxyl groups is 1. The fourth-order valence-electron chi connectivity index (χ4n) is 2.34. The largest absolute Gasteiger partial charge is 0.391 e. The molecule has 1 heterocycles. The van der Waals surface area contributed by atoms with Crippen molar-refractivity contribution in [3.05, 3.63) is 24.0 Å². The molecule has 1 fully saturated rings. The van der Waals surface area contributed by atoms with Gasteiger partial charge in [0, 0.05) is 6.20 Å². The number of nitrogens with one attached hydrogen (secondary N) is 2. The predicted molar refractivity (Wildman–Crippen MR) is 72.4 cm³/mol. The first-order valence-electron chi connectivity index (χ1n) is 6.62. The lowest BCUT2D eigenvalue weighted by Gasteiger charge is -2.21. The van der Waals surface area contributed by atoms with Crippen molar-refractivity contribution in [3.8, 4) is 0 Å². The summed E-state index contributed by atoms with van der Waals surface area (Å²) in [5.74, 6) is 5.02. The van der Waals surface area contributed by atoms with Crippen molar-refractivity contribution in [2.24, 2.45) is 5.84 Å². The van der Waals surface area contributed by atoms with Crippen LogP contribution in [0.1, 0.15) is 42.6 Å². The van der Waals surface area contributed by atoms with Gasteiger partial charge < -0.3 is 15.8 Å². The van der Waals surface area contributed by atoms with Crippen molar-refractivity contribution in [2.75, 3.05) is 5.43 Å². The number of carbonyl (C=O) groups is 1. The molecular weight excluding hydrogens is 244 g/mol. The molecule has 0 saturated heterocycles. The zero-order chi connectivity index (χ0) is 13.7. The molecule has 1 aromatic heterocycles. The van der Waals surface area contributed by atoms with Gasteiger partial charge >= 0.3 is 0 Å². The number of hydrazine groups is 1. The van der Waals surface area contributed by atoms with Crippen molar-refractivity contribution in [1.29, 1.82) is 0 Å². The third-order valence-electron chi connectivity index (χ3n) is 3.46. The molecule has 0 radical (unpaired) electrons. The molecular formula is C13H20N4O2. The van der Waals surface area contributed by atoms with E-state index in [-0.39, 0.29) is 11.9 Å². The van der Waals surface area contributed by atoms with Crippen LogP contribution in [0.25, 0.3) is 0 Å². The highest BCUT2D eigenvalue weighted by molar-refractivity contribution is 5.93. The van der Waals surface area contributed by atoms with Crippen LogP contribution in [0.4, 0.5) is 5.69 Å². The first kappa shape index (κ1) is 13.8. The number of hydrogen-bond donors (Lipinski definition) is 4. The number of nitrogen functional groups attached to an aromatic ring is 1. The molecule has 1 aliphatic carbocycles. The molecule has 1 aromatic rings. The summed E-state index contributed by atoms with van der Waals surface area (Å²) in [6.45, 7) is 0. The quantitative estimate of drug-likeness (QED) is 0.367. The Hall–Kier alpha value is -1.66. The minimum Gasteiger partial charge on any atom is -0.391 e. The summed E-state index contributed by atoms with van der Waals surface area (Å²) in [5, 5.41) is 12.8. The van der Waals surface area contributed by atoms with Gasteiger partial charge in [0.25, 0.3) is 5.91 Å². The highest BCUT2D eigenvalue weighted by atomic mass is 16.3. The van der Waals surface area contributed by atoms with E-state index in [1.54, 1.807) is 12.1 Å². The van der Waals surface area contributed by atoms with Crippen LogP contribution in [0.3, 0.4) is 0 Å². The summed E-state index contributed by atoms with van der Waals surface area (Å²) in [5.41, 5.74) is 3.40. The maximum absolute atomic E-state index is 12.1. The Labute approximate surface area is 112 Å². The van der Waals surface area contributed by atoms with Crippen LogP contribution in [-0.2, 0) is 0 Å². The Balaban J connectivity index is 2.02. The van der Waals surface area contributed by atoms with Crippen molar-refractivity contribution < 1.29 is 9.90 Å². The SMILES string of the molecule is NNc1ccnc(C(=O)NC2CCCCCC2O)c1. The number of nitrogens with zero attached hydrogens (tertiary/aromatic N) is 1. The van der Waals surface area contributed by atoms with Crippen LogP contribution in [0, 0.1) is 0 Å². The lowest BCUT2D eigenvalue weighted by molar-refractivity contribution is 0.0814. The lowest BCUT2D eigenvalue weighted by atomic mass is 10.1. The molecule has 0 bridgehead atoms. The van der Waals surface area contributed by atoms with Gasteiger partial charge in [-0.25, -0.2) is 0 Å². The summed E-state index contributed by atoms with van der Waals surface area (Å²) in [7, 11) is 0. The first-order chi connectivity index (χ1) is 9.20. The predicted octanol–water partition coefficient (Wildman–Crippen LogP) is 0.791. The zero-order valence-electron chi connectivity index (χ0n) is 10.8. The summed E-state index contributed by atoms with van der Waals surface area (Å²) >= 11 is 0. The van der Waals surface area contributed by atoms with Crippen molar-refractivity contribution in [1.82, 2.24) is 10.3 Å². The molecule has 0 spiro atoms. The van der Waals surface area contributed by atoms with Crippen LogP contribution >= 0.6 is 0 Å². The molecule has 2 unspecified atom stereocenters. The fraction of sp³-hybridized carbons (Fsp3) is 0.538. The van der Waals surface area contributed by atoms with Crippen LogP contribution in [0.2, 0.25) is 0 Å². The van der Waals surface area contributed by atoms with E-state index < -0.39 is 6.10 Å². The summed E-state index contributed by atoms with van der Waals surface area (Å²) < 4.78 is 0. The van der Waals surface area contributed by atoms with Crippen molar-refractivity contribution in [2.45, 2.75) is 44.2 Å². The number of amides is 1. The van der Waals surface area contributed by atoms with Crippen molar-refractivity contribution >= 4 is 11.6 Å². The van der Waals surface area contributed by atoms with Crippen LogP contribution < -0.4 is 16.6 Å². The standard InChI is InChI=1S/C13H20N4O2/c14-17-9-6-7-15-11(8-9)13(19)16-10-4-2-1-3-5-12(10)18/h6-8,10,12,18H,1-5,14H2,(H,15,17)(H,16,19). The number of rotatable bonds is 3. The van der Waals surface area contributed by atoms with E-state index in [0.717, 1.165) is 32.1 Å². The van der Waals surface area contributed by atoms with Gasteiger partial charge in [0.1, 0.15) is 5.69 Å². The second-order valence-corrected chi connectivity index (χ2v) is 4.86. The number of nitrogens with two attached hydrogens (primary N) is 1. The molecule has 2 atom stereocenters. The van der Waals surface area contributed by atoms with E-state index in [2.05, 4.69) is 15.7 Å². The Morgan fingerprint density at radius 2 is 2.16 bits per heavy atom. The van der Waals surface area contributed by atoms with Gasteiger partial charge in [-0.3, -0.25) is 15.6 Å². The van der Waals surface area contributed by atoms with Gasteiger partial charge in [-0.1, -0.05) is 19.3 Å². The molecule has 0 aliphatic heterocycles. The number of pyridine rings is 1. The first-order valence-corrected chi connectivity index (χ1v) is 6.62. The fourth-order valence-corrected chi connectivity index (χ4v) is 2.34. The maximum Gasteiger partial charge on any atom is 0.270 e. The molecule has 6 heteroatoms. The van der Waals surface area contributed by atoms with E-state index in [1.165, 1.54) is 6.20 Å². The van der Waals surface area contributed by atoms with Gasteiger partial charge in [0.15, 0.2) is 0 Å². The molecule has 0 aromatic carbocycles. The summed E-state index contributed by atoms with van der Waals surface area (Å²) in [6.07, 6.45) is 5.74. The molecule has 1 aliphatic rings. The summed E-state index contributed by atoms with van der Waals surface area (Å²) in [4.78, 5) is 16.1. The smallest absolute Gasteiger partial charge is 0.270 e. The van der Waals surface area contributed by atoms with E-state index in [9.17, 15) is 9.90 Å². The highest BCUT2D eigenvalue weighted by Gasteiger charge is 2.24. The maximum atomic E-state index is 12.1. The highest BCUT2D eigenvalue weighted by Crippen LogP contribution is 2.18. The van der Waals surface area contributed by atoms with E-state index in [4.69, 9.17) is 5.84 Å². The Kier molecular flexibility index (Phi) is 4.70. The van der Waals surface area contributed by atoms with Gasteiger partial charge in [-0.2, -0.15) is 0 Å². The Morgan fingerprint density at radius 1 is 1.37 bits per heavy atom. The van der Waals surface area contributed by atoms with Crippen LogP contribution in [-0.4, -0.2) is 28.1 Å². The monoisotopic (exact) mass is 264 g/mol. The molecule has 19 heavy (non-hydrogen) atoms. The molecule has 6 nitrogen and oxygen atoms in total. The van der Waals surface area contributed by atoms with Gasteiger partial charge in [-0.15, -0.1) is 0 Å². The van der Waals surface area contributed by atoms with Gasteiger partial charge in [0.05, 0.1) is 17.8 Å². The second-order valence-electron chi connectivity index (χ2n) is 4.86. The Bertz CT molecular complexity index is 438. The number of anilines is 1. The van der Waals surface area contributed by atoms with Crippen LogP contribution in [0.15, 0.2) is 18.3 Å². The third kappa shape index (κ3) is 3.65. The normalized spacial score (nSPS) is 23.5. The molecule has 5 N–H and O–H groups in total. The van der Waals surface area contributed by atoms with E-state index >= 15 is 0 Å². The number of aromatic nitrogens is 1. The minimum atomic E-state index is -0.470. The van der Waals surface area contributed by atoms with Gasteiger partial charge in [-0.05, 0) is 25.0 Å².